The van der Waals surface area contributed by atoms with Crippen LogP contribution in [-0.4, -0.2) is 21.5 Å². The van der Waals surface area contributed by atoms with Crippen molar-refractivity contribution in [3.8, 4) is 0 Å². The fraction of sp³-hybridized carbons (Fsp3) is 0.429. The van der Waals surface area contributed by atoms with Gasteiger partial charge in [-0.25, -0.2) is 4.98 Å². The molecule has 1 amide bonds. The van der Waals surface area contributed by atoms with Crippen LogP contribution in [0.5, 0.6) is 0 Å². The van der Waals surface area contributed by atoms with E-state index in [9.17, 15) is 4.79 Å². The van der Waals surface area contributed by atoms with Gasteiger partial charge >= 0.3 is 0 Å². The van der Waals surface area contributed by atoms with Crippen molar-refractivity contribution in [2.24, 2.45) is 12.8 Å². The van der Waals surface area contributed by atoms with Crippen LogP contribution in [0.15, 0.2) is 18.2 Å². The molecule has 0 saturated heterocycles. The van der Waals surface area contributed by atoms with Gasteiger partial charge in [0.05, 0.1) is 11.0 Å². The number of nitrogens with two attached hydrogens (primary N) is 1. The lowest BCUT2D eigenvalue weighted by Gasteiger charge is -2.07. The monoisotopic (exact) mass is 260 g/mol. The predicted molar refractivity (Wildman–Crippen MR) is 77.0 cm³/mol. The molecule has 2 aromatic rings. The van der Waals surface area contributed by atoms with E-state index in [1.165, 1.54) is 0 Å². The molecule has 1 aromatic heterocycles. The highest BCUT2D eigenvalue weighted by atomic mass is 16.1. The number of imidazole rings is 1. The van der Waals surface area contributed by atoms with Crippen LogP contribution < -0.4 is 11.1 Å². The average Bonchev–Trinajstić information content (AvgIpc) is 2.62. The number of anilines is 1. The zero-order chi connectivity index (χ0) is 14.0. The van der Waals surface area contributed by atoms with Gasteiger partial charge in [-0.1, -0.05) is 0 Å². The van der Waals surface area contributed by atoms with Crippen LogP contribution >= 0.6 is 0 Å². The number of carbonyl (C=O) groups excluding carboxylic acids is 1. The quantitative estimate of drug-likeness (QED) is 0.882. The zero-order valence-corrected chi connectivity index (χ0v) is 11.6. The van der Waals surface area contributed by atoms with Crippen molar-refractivity contribution in [2.45, 2.75) is 32.7 Å². The van der Waals surface area contributed by atoms with E-state index in [0.717, 1.165) is 22.5 Å². The lowest BCUT2D eigenvalue weighted by atomic mass is 10.2. The fourth-order valence-corrected chi connectivity index (χ4v) is 1.98. The molecular formula is C14H20N4O. The van der Waals surface area contributed by atoms with Gasteiger partial charge in [0.15, 0.2) is 0 Å². The standard InChI is InChI=1S/C14H20N4O/c1-9(15)4-7-14(19)17-11-5-6-13-12(8-11)16-10(2)18(13)3/h5-6,8-9H,4,7,15H2,1-3H3,(H,17,19). The number of rotatable bonds is 4. The molecule has 0 bridgehead atoms. The largest absolute Gasteiger partial charge is 0.331 e. The number of hydrogen-bond donors (Lipinski definition) is 2. The van der Waals surface area contributed by atoms with Crippen molar-refractivity contribution in [1.29, 1.82) is 0 Å². The normalized spacial score (nSPS) is 12.6. The third-order valence-corrected chi connectivity index (χ3v) is 3.21. The third-order valence-electron chi connectivity index (χ3n) is 3.21. The summed E-state index contributed by atoms with van der Waals surface area (Å²) >= 11 is 0. The highest BCUT2D eigenvalue weighted by Crippen LogP contribution is 2.19. The van der Waals surface area contributed by atoms with Crippen molar-refractivity contribution in [1.82, 2.24) is 9.55 Å². The van der Waals surface area contributed by atoms with E-state index in [-0.39, 0.29) is 11.9 Å². The van der Waals surface area contributed by atoms with Crippen LogP contribution in [-0.2, 0) is 11.8 Å². The highest BCUT2D eigenvalue weighted by molar-refractivity contribution is 5.93. The number of amides is 1. The van der Waals surface area contributed by atoms with E-state index in [2.05, 4.69) is 10.3 Å². The fourth-order valence-electron chi connectivity index (χ4n) is 1.98. The smallest absolute Gasteiger partial charge is 0.224 e. The molecule has 1 heterocycles. The van der Waals surface area contributed by atoms with E-state index in [4.69, 9.17) is 5.73 Å². The molecule has 0 aliphatic heterocycles. The lowest BCUT2D eigenvalue weighted by molar-refractivity contribution is -0.116. The van der Waals surface area contributed by atoms with Gasteiger partial charge in [0.25, 0.3) is 0 Å². The maximum Gasteiger partial charge on any atom is 0.224 e. The summed E-state index contributed by atoms with van der Waals surface area (Å²) in [7, 11) is 1.98. The first-order chi connectivity index (χ1) is 8.97. The van der Waals surface area contributed by atoms with Gasteiger partial charge in [-0.3, -0.25) is 4.79 Å². The molecule has 2 rings (SSSR count). The van der Waals surface area contributed by atoms with Gasteiger partial charge in [0.2, 0.25) is 5.91 Å². The molecule has 1 aromatic carbocycles. The van der Waals surface area contributed by atoms with Crippen molar-refractivity contribution in [2.75, 3.05) is 5.32 Å². The third kappa shape index (κ3) is 3.12. The molecule has 0 saturated carbocycles. The van der Waals surface area contributed by atoms with Crippen molar-refractivity contribution in [3.05, 3.63) is 24.0 Å². The molecule has 5 heteroatoms. The summed E-state index contributed by atoms with van der Waals surface area (Å²) in [4.78, 5) is 16.2. The van der Waals surface area contributed by atoms with Crippen LogP contribution in [0.2, 0.25) is 0 Å². The summed E-state index contributed by atoms with van der Waals surface area (Å²) in [6.45, 7) is 3.86. The summed E-state index contributed by atoms with van der Waals surface area (Å²) < 4.78 is 2.02. The number of nitrogens with one attached hydrogen (secondary N) is 1. The molecule has 0 aliphatic rings. The van der Waals surface area contributed by atoms with Crippen LogP contribution in [0.4, 0.5) is 5.69 Å². The van der Waals surface area contributed by atoms with Crippen LogP contribution in [0.1, 0.15) is 25.6 Å². The summed E-state index contributed by atoms with van der Waals surface area (Å²) in [5, 5.41) is 2.87. The Morgan fingerprint density at radius 1 is 1.53 bits per heavy atom. The molecule has 5 nitrogen and oxygen atoms in total. The summed E-state index contributed by atoms with van der Waals surface area (Å²) in [6.07, 6.45) is 1.13. The molecule has 3 N–H and O–H groups in total. The number of fused-ring (bicyclic) bond motifs is 1. The number of hydrogen-bond acceptors (Lipinski definition) is 3. The molecule has 0 radical (unpaired) electrons. The number of benzene rings is 1. The Labute approximate surface area is 112 Å². The van der Waals surface area contributed by atoms with E-state index < -0.39 is 0 Å². The number of carbonyl (C=O) groups is 1. The highest BCUT2D eigenvalue weighted by Gasteiger charge is 2.07. The van der Waals surface area contributed by atoms with E-state index in [0.29, 0.717) is 12.8 Å². The van der Waals surface area contributed by atoms with Gasteiger partial charge in [-0.15, -0.1) is 0 Å². The first-order valence-corrected chi connectivity index (χ1v) is 6.46. The summed E-state index contributed by atoms with van der Waals surface area (Å²) in [5.74, 6) is 0.944. The van der Waals surface area contributed by atoms with Gasteiger partial charge in [-0.05, 0) is 38.5 Å². The van der Waals surface area contributed by atoms with E-state index in [1.54, 1.807) is 0 Å². The van der Waals surface area contributed by atoms with Crippen LogP contribution in [0, 0.1) is 6.92 Å². The van der Waals surface area contributed by atoms with Crippen molar-refractivity contribution < 1.29 is 4.79 Å². The van der Waals surface area contributed by atoms with Gasteiger partial charge in [0.1, 0.15) is 5.82 Å². The minimum atomic E-state index is -0.00990. The van der Waals surface area contributed by atoms with Crippen LogP contribution in [0.3, 0.4) is 0 Å². The predicted octanol–water partition coefficient (Wildman–Crippen LogP) is 1.95. The molecule has 1 unspecified atom stereocenters. The average molecular weight is 260 g/mol. The maximum atomic E-state index is 11.7. The second-order valence-corrected chi connectivity index (χ2v) is 4.99. The second kappa shape index (κ2) is 5.40. The summed E-state index contributed by atoms with van der Waals surface area (Å²) in [6, 6.07) is 5.81. The first kappa shape index (κ1) is 13.5. The molecule has 19 heavy (non-hydrogen) atoms. The molecule has 0 spiro atoms. The van der Waals surface area contributed by atoms with Crippen LogP contribution in [0.25, 0.3) is 11.0 Å². The minimum Gasteiger partial charge on any atom is -0.331 e. The molecule has 0 aliphatic carbocycles. The second-order valence-electron chi connectivity index (χ2n) is 4.99. The topological polar surface area (TPSA) is 72.9 Å². The maximum absolute atomic E-state index is 11.7. The van der Waals surface area contributed by atoms with Gasteiger partial charge in [-0.2, -0.15) is 0 Å². The van der Waals surface area contributed by atoms with Gasteiger partial charge in [0, 0.05) is 25.2 Å². The summed E-state index contributed by atoms with van der Waals surface area (Å²) in [5.41, 5.74) is 8.37. The Morgan fingerprint density at radius 2 is 2.26 bits per heavy atom. The number of aryl methyl sites for hydroxylation is 2. The Balaban J connectivity index is 2.11. The molecule has 102 valence electrons. The van der Waals surface area contributed by atoms with E-state index in [1.807, 2.05) is 43.7 Å². The Hall–Kier alpha value is -1.88. The zero-order valence-electron chi connectivity index (χ0n) is 11.6. The molecule has 1 atom stereocenters. The van der Waals surface area contributed by atoms with Crippen molar-refractivity contribution >= 4 is 22.6 Å². The first-order valence-electron chi connectivity index (χ1n) is 6.46. The Bertz CT molecular complexity index is 601. The van der Waals surface area contributed by atoms with E-state index >= 15 is 0 Å². The Kier molecular flexibility index (Phi) is 3.85. The lowest BCUT2D eigenvalue weighted by Crippen LogP contribution is -2.19. The minimum absolute atomic E-state index is 0.00990. The number of aromatic nitrogens is 2. The SMILES string of the molecule is Cc1nc2cc(NC(=O)CCC(C)N)ccc2n1C. The van der Waals surface area contributed by atoms with Gasteiger partial charge < -0.3 is 15.6 Å². The Morgan fingerprint density at radius 3 is 2.95 bits per heavy atom. The number of nitrogens with zero attached hydrogens (tertiary/aromatic N) is 2. The van der Waals surface area contributed by atoms with Crippen molar-refractivity contribution in [3.63, 3.8) is 0 Å². The molecular weight excluding hydrogens is 240 g/mol. The molecule has 0 fully saturated rings.